The molecule has 1 N–H and O–H groups in total. The number of carbonyl (C=O) groups is 1. The maximum absolute atomic E-state index is 10.8. The minimum absolute atomic E-state index is 0.0265. The van der Waals surface area contributed by atoms with Crippen LogP contribution in [0.3, 0.4) is 0 Å². The molecule has 0 aliphatic carbocycles. The van der Waals surface area contributed by atoms with E-state index in [1.165, 1.54) is 23.7 Å². The lowest BCUT2D eigenvalue weighted by Crippen LogP contribution is -2.35. The van der Waals surface area contributed by atoms with Gasteiger partial charge in [-0.05, 0) is 7.05 Å². The summed E-state index contributed by atoms with van der Waals surface area (Å²) in [7, 11) is 2.05. The number of aromatic nitrogens is 1. The van der Waals surface area contributed by atoms with Gasteiger partial charge < -0.3 is 19.2 Å². The van der Waals surface area contributed by atoms with Crippen molar-refractivity contribution < 1.29 is 19.1 Å². The smallest absolute Gasteiger partial charge is 0.338 e. The van der Waals surface area contributed by atoms with E-state index in [0.29, 0.717) is 18.1 Å². The predicted octanol–water partition coefficient (Wildman–Crippen LogP) is 2.10. The van der Waals surface area contributed by atoms with Crippen LogP contribution in [0, 0.1) is 0 Å². The molecule has 1 aliphatic heterocycles. The molecular weight excluding hydrogens is 280 g/mol. The van der Waals surface area contributed by atoms with Crippen LogP contribution in [0.15, 0.2) is 22.1 Å². The molecule has 1 atom stereocenters. The summed E-state index contributed by atoms with van der Waals surface area (Å²) in [6, 6.07) is 1.48. The molecule has 1 fully saturated rings. The van der Waals surface area contributed by atoms with Crippen LogP contribution in [0.4, 0.5) is 0 Å². The van der Waals surface area contributed by atoms with Crippen molar-refractivity contribution in [3.8, 4) is 11.5 Å². The molecule has 0 radical (unpaired) electrons. The van der Waals surface area contributed by atoms with Crippen LogP contribution in [0.1, 0.15) is 21.5 Å². The Hall–Kier alpha value is -1.70. The molecule has 20 heavy (non-hydrogen) atoms. The van der Waals surface area contributed by atoms with Crippen molar-refractivity contribution in [2.24, 2.45) is 0 Å². The number of hydrogen-bond acceptors (Lipinski definition) is 6. The van der Waals surface area contributed by atoms with Gasteiger partial charge in [-0.3, -0.25) is 0 Å². The zero-order chi connectivity index (χ0) is 14.1. The Labute approximate surface area is 119 Å². The van der Waals surface area contributed by atoms with Crippen molar-refractivity contribution in [3.63, 3.8) is 0 Å². The fourth-order valence-corrected chi connectivity index (χ4v) is 2.91. The van der Waals surface area contributed by atoms with Crippen molar-refractivity contribution in [1.82, 2.24) is 9.88 Å². The third kappa shape index (κ3) is 2.60. The number of thiazole rings is 1. The third-order valence-corrected chi connectivity index (χ3v) is 4.10. The van der Waals surface area contributed by atoms with E-state index in [4.69, 9.17) is 14.3 Å². The highest BCUT2D eigenvalue weighted by molar-refractivity contribution is 7.10. The molecule has 0 spiro atoms. The molecule has 2 aromatic heterocycles. The lowest BCUT2D eigenvalue weighted by Gasteiger charge is -2.28. The van der Waals surface area contributed by atoms with E-state index >= 15 is 0 Å². The van der Waals surface area contributed by atoms with Gasteiger partial charge >= 0.3 is 5.97 Å². The average molecular weight is 294 g/mol. The predicted molar refractivity (Wildman–Crippen MR) is 73.0 cm³/mol. The number of rotatable bonds is 3. The van der Waals surface area contributed by atoms with E-state index in [2.05, 4.69) is 16.9 Å². The Balaban J connectivity index is 1.80. The minimum Gasteiger partial charge on any atom is -0.478 e. The summed E-state index contributed by atoms with van der Waals surface area (Å²) >= 11 is 1.50. The van der Waals surface area contributed by atoms with Crippen LogP contribution in [0.25, 0.3) is 11.5 Å². The lowest BCUT2D eigenvalue weighted by molar-refractivity contribution is -0.0209. The number of carboxylic acids is 1. The number of ether oxygens (including phenoxy) is 1. The Bertz CT molecular complexity index is 621. The second-order valence-corrected chi connectivity index (χ2v) is 5.59. The Morgan fingerprint density at radius 3 is 3.15 bits per heavy atom. The second-order valence-electron chi connectivity index (χ2n) is 4.70. The number of morpholine rings is 1. The molecule has 0 amide bonds. The van der Waals surface area contributed by atoms with Crippen molar-refractivity contribution in [1.29, 1.82) is 0 Å². The van der Waals surface area contributed by atoms with E-state index in [1.807, 2.05) is 5.38 Å². The average Bonchev–Trinajstić information content (AvgIpc) is 3.08. The van der Waals surface area contributed by atoms with Crippen molar-refractivity contribution >= 4 is 17.3 Å². The summed E-state index contributed by atoms with van der Waals surface area (Å²) in [5, 5.41) is 11.6. The molecule has 6 nitrogen and oxygen atoms in total. The first-order valence-corrected chi connectivity index (χ1v) is 7.09. The van der Waals surface area contributed by atoms with Crippen molar-refractivity contribution in [2.45, 2.75) is 6.10 Å². The zero-order valence-electron chi connectivity index (χ0n) is 10.9. The largest absolute Gasteiger partial charge is 0.478 e. The Kier molecular flexibility index (Phi) is 3.56. The maximum atomic E-state index is 10.8. The summed E-state index contributed by atoms with van der Waals surface area (Å²) in [6.07, 6.45) is 1.20. The summed E-state index contributed by atoms with van der Waals surface area (Å²) < 4.78 is 11.0. The van der Waals surface area contributed by atoms with E-state index in [1.54, 1.807) is 0 Å². The monoisotopic (exact) mass is 294 g/mol. The fourth-order valence-electron chi connectivity index (χ4n) is 2.06. The van der Waals surface area contributed by atoms with Crippen LogP contribution >= 0.6 is 11.3 Å². The molecule has 7 heteroatoms. The SMILES string of the molecule is CN1CCOC(c2nc(-c3cc(C(=O)O)co3)cs2)C1. The van der Waals surface area contributed by atoms with E-state index in [9.17, 15) is 4.79 Å². The highest BCUT2D eigenvalue weighted by atomic mass is 32.1. The first-order chi connectivity index (χ1) is 9.63. The number of carboxylic acid groups (broad SMARTS) is 1. The quantitative estimate of drug-likeness (QED) is 0.934. The summed E-state index contributed by atoms with van der Waals surface area (Å²) in [5.74, 6) is -0.540. The molecule has 0 aromatic carbocycles. The molecule has 2 aromatic rings. The molecular formula is C13H14N2O4S. The molecule has 106 valence electrons. The highest BCUT2D eigenvalue weighted by Gasteiger charge is 2.23. The number of aromatic carboxylic acids is 1. The van der Waals surface area contributed by atoms with Crippen LogP contribution in [0.2, 0.25) is 0 Å². The zero-order valence-corrected chi connectivity index (χ0v) is 11.7. The van der Waals surface area contributed by atoms with Gasteiger partial charge in [0.2, 0.25) is 0 Å². The van der Waals surface area contributed by atoms with Gasteiger partial charge in [0, 0.05) is 24.5 Å². The van der Waals surface area contributed by atoms with Crippen LogP contribution in [-0.4, -0.2) is 47.7 Å². The lowest BCUT2D eigenvalue weighted by atomic mass is 10.2. The molecule has 3 heterocycles. The maximum Gasteiger partial charge on any atom is 0.338 e. The van der Waals surface area contributed by atoms with Gasteiger partial charge in [-0.15, -0.1) is 11.3 Å². The molecule has 0 bridgehead atoms. The van der Waals surface area contributed by atoms with Gasteiger partial charge in [-0.25, -0.2) is 9.78 Å². The molecule has 1 saturated heterocycles. The van der Waals surface area contributed by atoms with Gasteiger partial charge in [0.25, 0.3) is 0 Å². The molecule has 0 saturated carbocycles. The molecule has 3 rings (SSSR count). The normalized spacial score (nSPS) is 20.1. The number of hydrogen-bond donors (Lipinski definition) is 1. The van der Waals surface area contributed by atoms with Crippen LogP contribution in [0.5, 0.6) is 0 Å². The van der Waals surface area contributed by atoms with E-state index in [-0.39, 0.29) is 11.7 Å². The van der Waals surface area contributed by atoms with Gasteiger partial charge in [0.1, 0.15) is 23.1 Å². The van der Waals surface area contributed by atoms with Crippen LogP contribution < -0.4 is 0 Å². The third-order valence-electron chi connectivity index (χ3n) is 3.17. The first-order valence-electron chi connectivity index (χ1n) is 6.21. The summed E-state index contributed by atoms with van der Waals surface area (Å²) in [6.45, 7) is 2.43. The number of nitrogens with zero attached hydrogens (tertiary/aromatic N) is 2. The van der Waals surface area contributed by atoms with Gasteiger partial charge in [0.05, 0.1) is 12.2 Å². The number of furan rings is 1. The molecule has 1 unspecified atom stereocenters. The Morgan fingerprint density at radius 1 is 1.60 bits per heavy atom. The van der Waals surface area contributed by atoms with Gasteiger partial charge in [-0.1, -0.05) is 0 Å². The van der Waals surface area contributed by atoms with E-state index < -0.39 is 5.97 Å². The van der Waals surface area contributed by atoms with Gasteiger partial charge in [0.15, 0.2) is 5.76 Å². The van der Waals surface area contributed by atoms with Crippen molar-refractivity contribution in [2.75, 3.05) is 26.7 Å². The summed E-state index contributed by atoms with van der Waals surface area (Å²) in [4.78, 5) is 17.5. The standard InChI is InChI=1S/C13H14N2O4S/c1-15-2-3-18-11(5-15)12-14-9(7-20-12)10-4-8(6-19-10)13(16)17/h4,6-7,11H,2-3,5H2,1H3,(H,16,17). The Morgan fingerprint density at radius 2 is 2.45 bits per heavy atom. The fraction of sp³-hybridized carbons (Fsp3) is 0.385. The number of likely N-dealkylation sites (N-methyl/N-ethyl adjacent to an activating group) is 1. The second kappa shape index (κ2) is 5.35. The van der Waals surface area contributed by atoms with E-state index in [0.717, 1.165) is 18.1 Å². The minimum atomic E-state index is -1.01. The first kappa shape index (κ1) is 13.3. The molecule has 1 aliphatic rings. The topological polar surface area (TPSA) is 75.8 Å². The van der Waals surface area contributed by atoms with Gasteiger partial charge in [-0.2, -0.15) is 0 Å². The highest BCUT2D eigenvalue weighted by Crippen LogP contribution is 2.29. The van der Waals surface area contributed by atoms with Crippen LogP contribution in [-0.2, 0) is 4.74 Å². The van der Waals surface area contributed by atoms with Crippen molar-refractivity contribution in [3.05, 3.63) is 28.3 Å². The summed E-state index contributed by atoms with van der Waals surface area (Å²) in [5.41, 5.74) is 0.775.